The molecule has 0 unspecified atom stereocenters. The first-order valence-electron chi connectivity index (χ1n) is 7.27. The predicted octanol–water partition coefficient (Wildman–Crippen LogP) is 3.55. The molecule has 0 spiro atoms. The summed E-state index contributed by atoms with van der Waals surface area (Å²) in [7, 11) is 0. The number of aromatic nitrogens is 4. The van der Waals surface area contributed by atoms with Gasteiger partial charge in [0.1, 0.15) is 17.9 Å². The molecule has 0 amide bonds. The van der Waals surface area contributed by atoms with Crippen molar-refractivity contribution in [2.24, 2.45) is 0 Å². The van der Waals surface area contributed by atoms with E-state index in [-0.39, 0.29) is 12.3 Å². The molecule has 0 atom stereocenters. The summed E-state index contributed by atoms with van der Waals surface area (Å²) in [6.45, 7) is 1.80. The van der Waals surface area contributed by atoms with Crippen molar-refractivity contribution in [2.45, 2.75) is 26.3 Å². The van der Waals surface area contributed by atoms with Crippen LogP contribution < -0.4 is 0 Å². The molecule has 8 heteroatoms. The minimum atomic E-state index is -2.92. The lowest BCUT2D eigenvalue weighted by Gasteiger charge is -2.06. The number of benzene rings is 1. The smallest absolute Gasteiger partial charge is 0.266 e. The second-order valence-electron chi connectivity index (χ2n) is 5.20. The maximum Gasteiger partial charge on any atom is 0.266 e. The lowest BCUT2D eigenvalue weighted by molar-refractivity contribution is -0.119. The van der Waals surface area contributed by atoms with Gasteiger partial charge in [0.25, 0.3) is 6.43 Å². The van der Waals surface area contributed by atoms with Crippen LogP contribution in [0.15, 0.2) is 30.6 Å². The monoisotopic (exact) mass is 334 g/mol. The number of fused-ring (bicyclic) bond motifs is 1. The van der Waals surface area contributed by atoms with E-state index in [4.69, 9.17) is 0 Å². The number of ketones is 1. The molecule has 0 aliphatic carbocycles. The highest BCUT2D eigenvalue weighted by atomic mass is 19.3. The molecule has 0 saturated heterocycles. The predicted molar refractivity (Wildman–Crippen MR) is 81.0 cm³/mol. The average Bonchev–Trinajstić information content (AvgIpc) is 2.97. The van der Waals surface area contributed by atoms with E-state index in [2.05, 4.69) is 15.1 Å². The van der Waals surface area contributed by atoms with Crippen LogP contribution in [0.2, 0.25) is 0 Å². The van der Waals surface area contributed by atoms with Gasteiger partial charge in [-0.25, -0.2) is 27.8 Å². The van der Waals surface area contributed by atoms with Crippen LogP contribution in [0.5, 0.6) is 0 Å². The Morgan fingerprint density at radius 2 is 2.08 bits per heavy atom. The fourth-order valence-corrected chi connectivity index (χ4v) is 2.25. The van der Waals surface area contributed by atoms with Gasteiger partial charge in [-0.3, -0.25) is 4.79 Å². The van der Waals surface area contributed by atoms with Crippen molar-refractivity contribution in [1.29, 1.82) is 0 Å². The minimum absolute atomic E-state index is 0.0195. The van der Waals surface area contributed by atoms with Gasteiger partial charge in [-0.15, -0.1) is 0 Å². The fourth-order valence-electron chi connectivity index (χ4n) is 2.25. The molecule has 5 nitrogen and oxygen atoms in total. The summed E-state index contributed by atoms with van der Waals surface area (Å²) in [5.74, 6) is -0.990. The minimum Gasteiger partial charge on any atom is -0.298 e. The highest BCUT2D eigenvalue weighted by Gasteiger charge is 2.16. The quantitative estimate of drug-likeness (QED) is 0.716. The van der Waals surface area contributed by atoms with Crippen LogP contribution in [0.25, 0.3) is 22.4 Å². The van der Waals surface area contributed by atoms with Gasteiger partial charge in [-0.05, 0) is 18.2 Å². The molecule has 0 aliphatic rings. The van der Waals surface area contributed by atoms with Gasteiger partial charge in [0, 0.05) is 12.0 Å². The van der Waals surface area contributed by atoms with Gasteiger partial charge < -0.3 is 0 Å². The number of alkyl halides is 2. The molecule has 2 aromatic heterocycles. The van der Waals surface area contributed by atoms with Crippen molar-refractivity contribution >= 4 is 16.9 Å². The van der Waals surface area contributed by atoms with Crippen molar-refractivity contribution in [3.05, 3.63) is 42.0 Å². The molecule has 3 aromatic rings. The number of rotatable bonds is 5. The zero-order valence-corrected chi connectivity index (χ0v) is 12.7. The van der Waals surface area contributed by atoms with E-state index in [1.807, 2.05) is 0 Å². The molecule has 1 aromatic carbocycles. The molecular formula is C16H13F3N4O. The Hall–Kier alpha value is -2.77. The van der Waals surface area contributed by atoms with E-state index in [9.17, 15) is 18.0 Å². The first-order valence-corrected chi connectivity index (χ1v) is 7.27. The van der Waals surface area contributed by atoms with Gasteiger partial charge >= 0.3 is 0 Å². The summed E-state index contributed by atoms with van der Waals surface area (Å²) >= 11 is 0. The highest BCUT2D eigenvalue weighted by Crippen LogP contribution is 2.27. The second kappa shape index (κ2) is 6.38. The van der Waals surface area contributed by atoms with Crippen molar-refractivity contribution in [3.8, 4) is 11.3 Å². The number of halogens is 3. The lowest BCUT2D eigenvalue weighted by Crippen LogP contribution is -2.10. The van der Waals surface area contributed by atoms with Gasteiger partial charge in [0.2, 0.25) is 0 Å². The van der Waals surface area contributed by atoms with Crippen LogP contribution in [0.1, 0.15) is 25.3 Å². The third kappa shape index (κ3) is 2.99. The average molecular weight is 334 g/mol. The van der Waals surface area contributed by atoms with Crippen molar-refractivity contribution in [2.75, 3.05) is 0 Å². The molecule has 124 valence electrons. The van der Waals surface area contributed by atoms with E-state index in [1.165, 1.54) is 23.1 Å². The summed E-state index contributed by atoms with van der Waals surface area (Å²) in [5.41, 5.74) is 0.783. The first-order chi connectivity index (χ1) is 11.5. The molecule has 0 aliphatic heterocycles. The van der Waals surface area contributed by atoms with Crippen LogP contribution in [-0.4, -0.2) is 25.5 Å². The summed E-state index contributed by atoms with van der Waals surface area (Å²) in [4.78, 5) is 20.1. The van der Waals surface area contributed by atoms with Crippen LogP contribution in [0.3, 0.4) is 0 Å². The van der Waals surface area contributed by atoms with Crippen molar-refractivity contribution in [3.63, 3.8) is 0 Å². The van der Waals surface area contributed by atoms with Crippen LogP contribution in [0, 0.1) is 5.82 Å². The molecular weight excluding hydrogens is 321 g/mol. The summed E-state index contributed by atoms with van der Waals surface area (Å²) < 4.78 is 40.5. The second-order valence-corrected chi connectivity index (χ2v) is 5.20. The maximum atomic E-state index is 13.4. The third-order valence-corrected chi connectivity index (χ3v) is 3.59. The number of hydrogen-bond donors (Lipinski definition) is 0. The molecule has 0 saturated carbocycles. The van der Waals surface area contributed by atoms with E-state index < -0.39 is 17.8 Å². The van der Waals surface area contributed by atoms with Crippen LogP contribution in [0.4, 0.5) is 13.2 Å². The van der Waals surface area contributed by atoms with E-state index in [0.29, 0.717) is 28.8 Å². The van der Waals surface area contributed by atoms with Gasteiger partial charge in [0.15, 0.2) is 11.4 Å². The summed E-state index contributed by atoms with van der Waals surface area (Å²) in [6, 6.07) is 3.38. The molecule has 3 rings (SSSR count). The number of carbonyl (C=O) groups excluding carboxylic acids is 1. The Kier molecular flexibility index (Phi) is 4.28. The zero-order chi connectivity index (χ0) is 17.3. The third-order valence-electron chi connectivity index (χ3n) is 3.59. The molecule has 24 heavy (non-hydrogen) atoms. The van der Waals surface area contributed by atoms with E-state index in [1.54, 1.807) is 6.92 Å². The van der Waals surface area contributed by atoms with E-state index in [0.717, 1.165) is 12.1 Å². The Balaban J connectivity index is 2.06. The van der Waals surface area contributed by atoms with Crippen molar-refractivity contribution in [1.82, 2.24) is 19.7 Å². The zero-order valence-electron chi connectivity index (χ0n) is 12.7. The summed E-state index contributed by atoms with van der Waals surface area (Å²) in [5, 5.41) is 4.07. The Morgan fingerprint density at radius 3 is 2.79 bits per heavy atom. The number of carbonyl (C=O) groups is 1. The fraction of sp³-hybridized carbons (Fsp3) is 0.250. The first kappa shape index (κ1) is 16.1. The normalized spacial score (nSPS) is 11.4. The number of Topliss-reactive ketones (excluding diaryl/α,β-unsaturated/α-hetero) is 1. The molecule has 0 bridgehead atoms. The van der Waals surface area contributed by atoms with E-state index >= 15 is 0 Å². The number of nitrogens with zero attached hydrogens (tertiary/aromatic N) is 4. The lowest BCUT2D eigenvalue weighted by atomic mass is 10.1. The molecule has 2 heterocycles. The van der Waals surface area contributed by atoms with Crippen molar-refractivity contribution < 1.29 is 18.0 Å². The molecule has 0 N–H and O–H groups in total. The largest absolute Gasteiger partial charge is 0.298 e. The Bertz CT molecular complexity index is 907. The number of hydrogen-bond acceptors (Lipinski definition) is 4. The molecule has 0 fully saturated rings. The van der Waals surface area contributed by atoms with Crippen LogP contribution >= 0.6 is 0 Å². The van der Waals surface area contributed by atoms with Gasteiger partial charge in [-0.1, -0.05) is 6.92 Å². The standard InChI is InChI=1S/C16H13F3N4O/c1-2-10(24)8-23-16-14(7-21-23)20-6-13(22-16)9-3-4-12(17)11(5-9)15(18)19/h3-7,15H,2,8H2,1H3. The van der Waals surface area contributed by atoms with Crippen LogP contribution in [-0.2, 0) is 11.3 Å². The topological polar surface area (TPSA) is 60.7 Å². The SMILES string of the molecule is CCC(=O)Cn1ncc2ncc(-c3ccc(F)c(C(F)F)c3)nc21. The summed E-state index contributed by atoms with van der Waals surface area (Å²) in [6.07, 6.45) is 0.321. The maximum absolute atomic E-state index is 13.4. The Morgan fingerprint density at radius 1 is 1.29 bits per heavy atom. The van der Waals surface area contributed by atoms with Gasteiger partial charge in [-0.2, -0.15) is 5.10 Å². The highest BCUT2D eigenvalue weighted by molar-refractivity contribution is 5.80. The Labute approximate surface area is 135 Å². The molecule has 0 radical (unpaired) electrons. The van der Waals surface area contributed by atoms with Gasteiger partial charge in [0.05, 0.1) is 23.7 Å².